The Labute approximate surface area is 132 Å². The highest BCUT2D eigenvalue weighted by atomic mass is 35.5. The second-order valence-electron chi connectivity index (χ2n) is 5.20. The van der Waals surface area contributed by atoms with Crippen molar-refractivity contribution < 1.29 is 19.7 Å². The molecule has 2 N–H and O–H groups in total. The summed E-state index contributed by atoms with van der Waals surface area (Å²) in [5.41, 5.74) is 1.16. The third kappa shape index (κ3) is 2.22. The van der Waals surface area contributed by atoms with Crippen LogP contribution in [0, 0.1) is 0 Å². The number of rotatable bonds is 2. The van der Waals surface area contributed by atoms with Crippen LogP contribution in [0.5, 0.6) is 0 Å². The van der Waals surface area contributed by atoms with Gasteiger partial charge in [0, 0.05) is 10.6 Å². The maximum atomic E-state index is 11.4. The molecule has 4 nitrogen and oxygen atoms in total. The number of benzene rings is 2. The van der Waals surface area contributed by atoms with Crippen LogP contribution in [0.1, 0.15) is 12.5 Å². The Bertz CT molecular complexity index is 762. The standard InChI is InChI=1S/C17H13ClO4/c1-17(15(20)14(19)16(21)22-17)12-6-2-10(3-7-12)11-4-8-13(18)9-5-11/h2-9,19-20H,1H3. The number of esters is 1. The van der Waals surface area contributed by atoms with E-state index in [9.17, 15) is 15.0 Å². The van der Waals surface area contributed by atoms with Crippen LogP contribution >= 0.6 is 11.6 Å². The zero-order valence-electron chi connectivity index (χ0n) is 11.7. The number of aliphatic hydroxyl groups excluding tert-OH is 2. The predicted octanol–water partition coefficient (Wildman–Crippen LogP) is 4.11. The SMILES string of the molecule is CC1(c2ccc(-c3ccc(Cl)cc3)cc2)OC(=O)C(O)=C1O. The highest BCUT2D eigenvalue weighted by molar-refractivity contribution is 6.30. The van der Waals surface area contributed by atoms with Gasteiger partial charge >= 0.3 is 5.97 Å². The normalized spacial score (nSPS) is 21.1. The molecule has 2 aromatic carbocycles. The number of hydrogen-bond donors (Lipinski definition) is 2. The summed E-state index contributed by atoms with van der Waals surface area (Å²) in [6, 6.07) is 14.6. The van der Waals surface area contributed by atoms with Crippen molar-refractivity contribution in [3.8, 4) is 11.1 Å². The van der Waals surface area contributed by atoms with Crippen molar-refractivity contribution in [1.29, 1.82) is 0 Å². The van der Waals surface area contributed by atoms with Crippen LogP contribution in [0.15, 0.2) is 60.0 Å². The fraction of sp³-hybridized carbons (Fsp3) is 0.118. The maximum Gasteiger partial charge on any atom is 0.378 e. The van der Waals surface area contributed by atoms with Crippen LogP contribution < -0.4 is 0 Å². The van der Waals surface area contributed by atoms with Gasteiger partial charge in [-0.15, -0.1) is 0 Å². The Morgan fingerprint density at radius 3 is 1.91 bits per heavy atom. The van der Waals surface area contributed by atoms with E-state index in [-0.39, 0.29) is 0 Å². The summed E-state index contributed by atoms with van der Waals surface area (Å²) in [6.07, 6.45) is 0. The van der Waals surface area contributed by atoms with Crippen molar-refractivity contribution in [2.75, 3.05) is 0 Å². The Morgan fingerprint density at radius 2 is 1.45 bits per heavy atom. The predicted molar refractivity (Wildman–Crippen MR) is 82.6 cm³/mol. The van der Waals surface area contributed by atoms with Gasteiger partial charge in [0.1, 0.15) is 0 Å². The number of aliphatic hydroxyl groups is 2. The third-order valence-electron chi connectivity index (χ3n) is 3.78. The van der Waals surface area contributed by atoms with Gasteiger partial charge in [-0.05, 0) is 30.2 Å². The van der Waals surface area contributed by atoms with Crippen molar-refractivity contribution in [2.24, 2.45) is 0 Å². The Hall–Kier alpha value is -2.46. The summed E-state index contributed by atoms with van der Waals surface area (Å²) in [5, 5.41) is 20.1. The lowest BCUT2D eigenvalue weighted by molar-refractivity contribution is -0.149. The van der Waals surface area contributed by atoms with Crippen LogP contribution in [-0.2, 0) is 15.1 Å². The van der Waals surface area contributed by atoms with E-state index in [0.717, 1.165) is 11.1 Å². The highest BCUT2D eigenvalue weighted by Crippen LogP contribution is 2.39. The maximum absolute atomic E-state index is 11.4. The fourth-order valence-electron chi connectivity index (χ4n) is 2.42. The van der Waals surface area contributed by atoms with Gasteiger partial charge in [-0.2, -0.15) is 0 Å². The molecule has 22 heavy (non-hydrogen) atoms. The van der Waals surface area contributed by atoms with Crippen molar-refractivity contribution in [1.82, 2.24) is 0 Å². The van der Waals surface area contributed by atoms with Crippen molar-refractivity contribution in [3.63, 3.8) is 0 Å². The first kappa shape index (κ1) is 14.5. The molecule has 112 valence electrons. The molecule has 0 aliphatic carbocycles. The Kier molecular flexibility index (Phi) is 3.34. The van der Waals surface area contributed by atoms with Crippen molar-refractivity contribution in [3.05, 3.63) is 70.6 Å². The quantitative estimate of drug-likeness (QED) is 0.818. The van der Waals surface area contributed by atoms with Gasteiger partial charge in [-0.3, -0.25) is 0 Å². The largest absolute Gasteiger partial charge is 0.505 e. The molecule has 1 aliphatic rings. The second kappa shape index (κ2) is 5.07. The van der Waals surface area contributed by atoms with Gasteiger partial charge in [0.25, 0.3) is 0 Å². The lowest BCUT2D eigenvalue weighted by Gasteiger charge is -2.23. The molecular weight excluding hydrogens is 304 g/mol. The molecule has 0 saturated heterocycles. The number of halogens is 1. The number of cyclic esters (lactones) is 1. The molecule has 0 saturated carbocycles. The Balaban J connectivity index is 1.95. The smallest absolute Gasteiger partial charge is 0.378 e. The number of carbonyl (C=O) groups is 1. The molecule has 2 aromatic rings. The minimum absolute atomic E-state index is 0.475. The molecule has 0 amide bonds. The monoisotopic (exact) mass is 316 g/mol. The first-order valence-electron chi connectivity index (χ1n) is 6.64. The average molecular weight is 317 g/mol. The molecule has 5 heteroatoms. The molecule has 1 heterocycles. The van der Waals surface area contributed by atoms with Gasteiger partial charge < -0.3 is 14.9 Å². The summed E-state index contributed by atoms with van der Waals surface area (Å²) in [7, 11) is 0. The van der Waals surface area contributed by atoms with E-state index < -0.39 is 23.1 Å². The van der Waals surface area contributed by atoms with Gasteiger partial charge in [-0.25, -0.2) is 4.79 Å². The van der Waals surface area contributed by atoms with Crippen LogP contribution in [0.2, 0.25) is 5.02 Å². The van der Waals surface area contributed by atoms with Crippen molar-refractivity contribution in [2.45, 2.75) is 12.5 Å². The summed E-state index contributed by atoms with van der Waals surface area (Å²) in [6.45, 7) is 1.53. The van der Waals surface area contributed by atoms with E-state index in [1.165, 1.54) is 6.92 Å². The minimum atomic E-state index is -1.36. The lowest BCUT2D eigenvalue weighted by atomic mass is 9.92. The highest BCUT2D eigenvalue weighted by Gasteiger charge is 2.46. The number of ether oxygens (including phenoxy) is 1. The topological polar surface area (TPSA) is 66.8 Å². The van der Waals surface area contributed by atoms with E-state index in [4.69, 9.17) is 16.3 Å². The van der Waals surface area contributed by atoms with E-state index in [1.807, 2.05) is 24.3 Å². The second-order valence-corrected chi connectivity index (χ2v) is 5.64. The molecule has 0 fully saturated rings. The van der Waals surface area contributed by atoms with E-state index in [1.54, 1.807) is 24.3 Å². The average Bonchev–Trinajstić information content (AvgIpc) is 2.73. The summed E-state index contributed by atoms with van der Waals surface area (Å²) in [4.78, 5) is 11.4. The number of hydrogen-bond acceptors (Lipinski definition) is 4. The zero-order chi connectivity index (χ0) is 15.9. The van der Waals surface area contributed by atoms with E-state index in [2.05, 4.69) is 0 Å². The third-order valence-corrected chi connectivity index (χ3v) is 4.03. The molecular formula is C17H13ClO4. The summed E-state index contributed by atoms with van der Waals surface area (Å²) >= 11 is 5.87. The molecule has 3 rings (SSSR count). The van der Waals surface area contributed by atoms with E-state index >= 15 is 0 Å². The fourth-order valence-corrected chi connectivity index (χ4v) is 2.55. The molecule has 0 spiro atoms. The molecule has 0 bridgehead atoms. The van der Waals surface area contributed by atoms with Crippen LogP contribution in [0.3, 0.4) is 0 Å². The zero-order valence-corrected chi connectivity index (χ0v) is 12.5. The molecule has 0 radical (unpaired) electrons. The first-order chi connectivity index (χ1) is 10.4. The van der Waals surface area contributed by atoms with Gasteiger partial charge in [0.05, 0.1) is 0 Å². The summed E-state index contributed by atoms with van der Waals surface area (Å²) < 4.78 is 5.09. The van der Waals surface area contributed by atoms with Crippen LogP contribution in [0.4, 0.5) is 0 Å². The van der Waals surface area contributed by atoms with Gasteiger partial charge in [0.15, 0.2) is 11.4 Å². The van der Waals surface area contributed by atoms with Gasteiger partial charge in [0.2, 0.25) is 5.76 Å². The van der Waals surface area contributed by atoms with Crippen LogP contribution in [0.25, 0.3) is 11.1 Å². The molecule has 1 unspecified atom stereocenters. The molecule has 0 aromatic heterocycles. The Morgan fingerprint density at radius 1 is 0.955 bits per heavy atom. The lowest BCUT2D eigenvalue weighted by Crippen LogP contribution is -2.25. The van der Waals surface area contributed by atoms with Crippen LogP contribution in [-0.4, -0.2) is 16.2 Å². The van der Waals surface area contributed by atoms with Crippen molar-refractivity contribution >= 4 is 17.6 Å². The summed E-state index contributed by atoms with van der Waals surface area (Å²) in [5.74, 6) is -2.15. The minimum Gasteiger partial charge on any atom is -0.505 e. The van der Waals surface area contributed by atoms with Gasteiger partial charge in [-0.1, -0.05) is 48.0 Å². The number of carbonyl (C=O) groups excluding carboxylic acids is 1. The van der Waals surface area contributed by atoms with E-state index in [0.29, 0.717) is 10.6 Å². The first-order valence-corrected chi connectivity index (χ1v) is 7.02. The molecule has 1 atom stereocenters. The molecule has 1 aliphatic heterocycles.